The minimum atomic E-state index is 0.197. The van der Waals surface area contributed by atoms with Crippen LogP contribution >= 0.6 is 0 Å². The van der Waals surface area contributed by atoms with E-state index in [2.05, 4.69) is 20.9 Å². The summed E-state index contributed by atoms with van der Waals surface area (Å²) in [7, 11) is 0. The lowest BCUT2D eigenvalue weighted by Crippen LogP contribution is -2.45. The molecule has 0 atom stereocenters. The van der Waals surface area contributed by atoms with Crippen molar-refractivity contribution >= 4 is 0 Å². The maximum atomic E-state index is 9.86. The second-order valence-corrected chi connectivity index (χ2v) is 5.73. The number of piperazine rings is 1. The Bertz CT molecular complexity index is 611. The number of benzene rings is 1. The molecule has 0 saturated carbocycles. The monoisotopic (exact) mass is 299 g/mol. The van der Waals surface area contributed by atoms with Crippen LogP contribution in [0.5, 0.6) is 11.5 Å². The fraction of sp³-hybridized carbons (Fsp3) is 0.353. The Morgan fingerprint density at radius 3 is 2.36 bits per heavy atom. The molecule has 0 amide bonds. The molecule has 1 aliphatic heterocycles. The molecular weight excluding hydrogens is 278 g/mol. The van der Waals surface area contributed by atoms with Gasteiger partial charge in [0.1, 0.15) is 11.5 Å². The second-order valence-electron chi connectivity index (χ2n) is 5.73. The lowest BCUT2D eigenvalue weighted by atomic mass is 10.1. The van der Waals surface area contributed by atoms with Crippen LogP contribution in [0.15, 0.2) is 42.7 Å². The van der Waals surface area contributed by atoms with Gasteiger partial charge in [0.25, 0.3) is 0 Å². The third kappa shape index (κ3) is 3.75. The van der Waals surface area contributed by atoms with Crippen LogP contribution in [0.1, 0.15) is 11.1 Å². The van der Waals surface area contributed by atoms with Gasteiger partial charge in [-0.25, -0.2) is 0 Å². The molecule has 3 rings (SSSR count). The minimum Gasteiger partial charge on any atom is -0.508 e. The molecule has 2 N–H and O–H groups in total. The summed E-state index contributed by atoms with van der Waals surface area (Å²) in [6, 6.07) is 8.76. The van der Waals surface area contributed by atoms with Crippen LogP contribution in [0.3, 0.4) is 0 Å². The van der Waals surface area contributed by atoms with E-state index in [-0.39, 0.29) is 11.5 Å². The van der Waals surface area contributed by atoms with Crippen LogP contribution in [-0.2, 0) is 13.1 Å². The highest BCUT2D eigenvalue weighted by Crippen LogP contribution is 2.24. The Labute approximate surface area is 130 Å². The standard InChI is InChI=1S/C17H21N3O2/c21-16-3-4-17(22)15(10-16)13-20-8-6-19(7-9-20)12-14-2-1-5-18-11-14/h1-5,10-11,21-22H,6-9,12-13H2. The molecule has 22 heavy (non-hydrogen) atoms. The molecule has 0 radical (unpaired) electrons. The van der Waals surface area contributed by atoms with Crippen LogP contribution < -0.4 is 0 Å². The average molecular weight is 299 g/mol. The summed E-state index contributed by atoms with van der Waals surface area (Å²) in [4.78, 5) is 8.86. The first-order valence-electron chi connectivity index (χ1n) is 7.55. The normalized spacial score (nSPS) is 16.7. The average Bonchev–Trinajstić information content (AvgIpc) is 2.54. The Morgan fingerprint density at radius 2 is 1.68 bits per heavy atom. The highest BCUT2D eigenvalue weighted by molar-refractivity contribution is 5.38. The number of phenols is 2. The summed E-state index contributed by atoms with van der Waals surface area (Å²) < 4.78 is 0. The topological polar surface area (TPSA) is 59.8 Å². The number of rotatable bonds is 4. The van der Waals surface area contributed by atoms with Gasteiger partial charge in [-0.3, -0.25) is 14.8 Å². The van der Waals surface area contributed by atoms with E-state index in [9.17, 15) is 10.2 Å². The molecule has 2 aromatic rings. The maximum absolute atomic E-state index is 9.86. The predicted octanol–water partition coefficient (Wildman–Crippen LogP) is 1.81. The van der Waals surface area contributed by atoms with Gasteiger partial charge in [-0.05, 0) is 29.8 Å². The molecule has 0 spiro atoms. The first kappa shape index (κ1) is 14.8. The number of hydrogen-bond acceptors (Lipinski definition) is 5. The van der Waals surface area contributed by atoms with Crippen LogP contribution in [0.25, 0.3) is 0 Å². The van der Waals surface area contributed by atoms with E-state index in [1.54, 1.807) is 18.3 Å². The van der Waals surface area contributed by atoms with Gasteiger partial charge in [-0.1, -0.05) is 6.07 Å². The molecule has 1 saturated heterocycles. The second kappa shape index (κ2) is 6.77. The lowest BCUT2D eigenvalue weighted by molar-refractivity contribution is 0.121. The highest BCUT2D eigenvalue weighted by atomic mass is 16.3. The van der Waals surface area contributed by atoms with Crippen molar-refractivity contribution in [3.05, 3.63) is 53.9 Å². The van der Waals surface area contributed by atoms with Crippen molar-refractivity contribution in [3.8, 4) is 11.5 Å². The Balaban J connectivity index is 1.52. The summed E-state index contributed by atoms with van der Waals surface area (Å²) in [5.74, 6) is 0.443. The fourth-order valence-electron chi connectivity index (χ4n) is 2.79. The number of aromatic hydroxyl groups is 2. The number of aromatic nitrogens is 1. The van der Waals surface area contributed by atoms with E-state index in [1.165, 1.54) is 11.6 Å². The summed E-state index contributed by atoms with van der Waals surface area (Å²) in [6.07, 6.45) is 3.71. The van der Waals surface area contributed by atoms with Crippen molar-refractivity contribution < 1.29 is 10.2 Å². The maximum Gasteiger partial charge on any atom is 0.120 e. The van der Waals surface area contributed by atoms with Gasteiger partial charge in [-0.15, -0.1) is 0 Å². The van der Waals surface area contributed by atoms with Crippen LogP contribution in [-0.4, -0.2) is 51.2 Å². The van der Waals surface area contributed by atoms with Crippen molar-refractivity contribution in [1.82, 2.24) is 14.8 Å². The van der Waals surface area contributed by atoms with E-state index < -0.39 is 0 Å². The molecule has 1 aromatic heterocycles. The third-order valence-electron chi connectivity index (χ3n) is 4.05. The van der Waals surface area contributed by atoms with Gasteiger partial charge in [0.2, 0.25) is 0 Å². The van der Waals surface area contributed by atoms with E-state index >= 15 is 0 Å². The smallest absolute Gasteiger partial charge is 0.120 e. The summed E-state index contributed by atoms with van der Waals surface area (Å²) in [5.41, 5.74) is 2.02. The Morgan fingerprint density at radius 1 is 0.955 bits per heavy atom. The first-order chi connectivity index (χ1) is 10.7. The number of phenolic OH excluding ortho intramolecular Hbond substituents is 2. The molecule has 0 aliphatic carbocycles. The van der Waals surface area contributed by atoms with Gasteiger partial charge in [0.15, 0.2) is 0 Å². The SMILES string of the molecule is Oc1ccc(O)c(CN2CCN(Cc3cccnc3)CC2)c1. The van der Waals surface area contributed by atoms with Gasteiger partial charge in [0, 0.05) is 57.2 Å². The molecule has 5 nitrogen and oxygen atoms in total. The molecular formula is C17H21N3O2. The third-order valence-corrected chi connectivity index (χ3v) is 4.05. The molecule has 2 heterocycles. The highest BCUT2D eigenvalue weighted by Gasteiger charge is 2.18. The molecule has 116 valence electrons. The van der Waals surface area contributed by atoms with Gasteiger partial charge in [-0.2, -0.15) is 0 Å². The zero-order valence-corrected chi connectivity index (χ0v) is 12.5. The molecule has 1 aromatic carbocycles. The zero-order valence-electron chi connectivity index (χ0n) is 12.5. The summed E-state index contributed by atoms with van der Waals surface area (Å²) in [6.45, 7) is 5.49. The van der Waals surface area contributed by atoms with Crippen molar-refractivity contribution in [2.45, 2.75) is 13.1 Å². The van der Waals surface area contributed by atoms with Gasteiger partial charge >= 0.3 is 0 Å². The molecule has 5 heteroatoms. The molecule has 0 unspecified atom stereocenters. The van der Waals surface area contributed by atoms with Crippen molar-refractivity contribution in [1.29, 1.82) is 0 Å². The van der Waals surface area contributed by atoms with Crippen LogP contribution in [0.2, 0.25) is 0 Å². The zero-order chi connectivity index (χ0) is 15.4. The van der Waals surface area contributed by atoms with E-state index in [0.717, 1.165) is 38.3 Å². The summed E-state index contributed by atoms with van der Waals surface area (Å²) >= 11 is 0. The van der Waals surface area contributed by atoms with Gasteiger partial charge in [0.05, 0.1) is 0 Å². The number of hydrogen-bond donors (Lipinski definition) is 2. The molecule has 0 bridgehead atoms. The van der Waals surface area contributed by atoms with Crippen LogP contribution in [0.4, 0.5) is 0 Å². The number of nitrogens with zero attached hydrogens (tertiary/aromatic N) is 3. The van der Waals surface area contributed by atoms with E-state index in [1.807, 2.05) is 12.3 Å². The van der Waals surface area contributed by atoms with Crippen molar-refractivity contribution in [2.24, 2.45) is 0 Å². The molecule has 1 fully saturated rings. The molecule has 1 aliphatic rings. The van der Waals surface area contributed by atoms with Crippen molar-refractivity contribution in [3.63, 3.8) is 0 Å². The van der Waals surface area contributed by atoms with E-state index in [0.29, 0.717) is 6.54 Å². The van der Waals surface area contributed by atoms with E-state index in [4.69, 9.17) is 0 Å². The minimum absolute atomic E-state index is 0.197. The number of pyridine rings is 1. The Kier molecular flexibility index (Phi) is 4.56. The first-order valence-corrected chi connectivity index (χ1v) is 7.55. The van der Waals surface area contributed by atoms with Crippen LogP contribution in [0, 0.1) is 0 Å². The van der Waals surface area contributed by atoms with Gasteiger partial charge < -0.3 is 10.2 Å². The predicted molar refractivity (Wildman–Crippen MR) is 84.6 cm³/mol. The largest absolute Gasteiger partial charge is 0.508 e. The lowest BCUT2D eigenvalue weighted by Gasteiger charge is -2.34. The summed E-state index contributed by atoms with van der Waals surface area (Å²) in [5, 5.41) is 19.4. The van der Waals surface area contributed by atoms with Crippen molar-refractivity contribution in [2.75, 3.05) is 26.2 Å². The fourth-order valence-corrected chi connectivity index (χ4v) is 2.79. The quantitative estimate of drug-likeness (QED) is 0.843. The Hall–Kier alpha value is -2.11.